The van der Waals surface area contributed by atoms with Crippen molar-refractivity contribution < 1.29 is 23.5 Å². The molecule has 0 radical (unpaired) electrons. The molecule has 0 aromatic heterocycles. The molecule has 3 fully saturated rings. The van der Waals surface area contributed by atoms with Crippen molar-refractivity contribution >= 4 is 38.3 Å². The van der Waals surface area contributed by atoms with Gasteiger partial charge in [-0.2, -0.15) is 0 Å². The minimum Gasteiger partial charge on any atom is -0.387 e. The molecule has 0 saturated carbocycles. The maximum atomic E-state index is 10.7. The fourth-order valence-electron chi connectivity index (χ4n) is 2.37. The van der Waals surface area contributed by atoms with Gasteiger partial charge < -0.3 is 19.3 Å². The molecule has 0 spiro atoms. The van der Waals surface area contributed by atoms with Gasteiger partial charge in [-0.15, -0.1) is 11.8 Å². The van der Waals surface area contributed by atoms with Crippen molar-refractivity contribution in [2.75, 3.05) is 5.75 Å². The van der Waals surface area contributed by atoms with Crippen molar-refractivity contribution in [2.24, 2.45) is 0 Å². The summed E-state index contributed by atoms with van der Waals surface area (Å²) in [5.41, 5.74) is 0. The van der Waals surface area contributed by atoms with Gasteiger partial charge >= 0.3 is 0 Å². The molecule has 0 aromatic carbocycles. The van der Waals surface area contributed by atoms with Crippen LogP contribution in [0.25, 0.3) is 0 Å². The molecular formula is C10H14O5S3. The molecule has 8 heteroatoms. The van der Waals surface area contributed by atoms with Gasteiger partial charge in [-0.05, 0) is 13.8 Å². The van der Waals surface area contributed by atoms with E-state index in [2.05, 4.69) is 0 Å². The van der Waals surface area contributed by atoms with Crippen LogP contribution in [0.2, 0.25) is 0 Å². The van der Waals surface area contributed by atoms with E-state index in [9.17, 15) is 9.32 Å². The number of fused-ring (bicyclic) bond motifs is 1. The maximum absolute atomic E-state index is 10.7. The van der Waals surface area contributed by atoms with Crippen LogP contribution in [0.15, 0.2) is 0 Å². The van der Waals surface area contributed by atoms with Gasteiger partial charge in [0.1, 0.15) is 33.1 Å². The Morgan fingerprint density at radius 2 is 2.17 bits per heavy atom. The molecule has 3 heterocycles. The van der Waals surface area contributed by atoms with Gasteiger partial charge in [0.2, 0.25) is 0 Å². The molecule has 18 heavy (non-hydrogen) atoms. The van der Waals surface area contributed by atoms with Crippen LogP contribution in [0.4, 0.5) is 0 Å². The van der Waals surface area contributed by atoms with Crippen molar-refractivity contribution in [2.45, 2.75) is 49.5 Å². The predicted molar refractivity (Wildman–Crippen MR) is 71.7 cm³/mol. The predicted octanol–water partition coefficient (Wildman–Crippen LogP) is 0.373. The van der Waals surface area contributed by atoms with Crippen molar-refractivity contribution in [3.63, 3.8) is 0 Å². The average Bonchev–Trinajstić information content (AvgIpc) is 2.94. The second kappa shape index (κ2) is 4.76. The first-order chi connectivity index (χ1) is 8.50. The first-order valence-electron chi connectivity index (χ1n) is 5.65. The van der Waals surface area contributed by atoms with Crippen LogP contribution < -0.4 is 0 Å². The average molecular weight is 310 g/mol. The molecule has 3 aliphatic rings. The van der Waals surface area contributed by atoms with Gasteiger partial charge in [0.05, 0.1) is 0 Å². The second-order valence-electron chi connectivity index (χ2n) is 4.86. The monoisotopic (exact) mass is 310 g/mol. The normalized spacial score (nSPS) is 46.4. The molecule has 5 unspecified atom stereocenters. The lowest BCUT2D eigenvalue weighted by atomic mass is 10.1. The number of rotatable bonds is 1. The Morgan fingerprint density at radius 1 is 1.39 bits per heavy atom. The molecule has 0 bridgehead atoms. The van der Waals surface area contributed by atoms with E-state index < -0.39 is 24.3 Å². The summed E-state index contributed by atoms with van der Waals surface area (Å²) < 4.78 is 28.5. The molecule has 0 aromatic rings. The highest BCUT2D eigenvalue weighted by Gasteiger charge is 2.56. The third kappa shape index (κ3) is 2.28. The number of aliphatic hydroxyl groups is 1. The lowest BCUT2D eigenvalue weighted by molar-refractivity contribution is -0.214. The molecule has 3 aliphatic heterocycles. The maximum Gasteiger partial charge on any atom is 0.190 e. The summed E-state index contributed by atoms with van der Waals surface area (Å²) in [6.45, 7) is 3.60. The van der Waals surface area contributed by atoms with Crippen LogP contribution in [-0.4, -0.2) is 54.2 Å². The Kier molecular flexibility index (Phi) is 3.55. The van der Waals surface area contributed by atoms with Crippen LogP contribution in [0.5, 0.6) is 0 Å². The zero-order chi connectivity index (χ0) is 12.9. The summed E-state index contributed by atoms with van der Waals surface area (Å²) in [7, 11) is 0. The van der Waals surface area contributed by atoms with E-state index in [1.807, 2.05) is 0 Å². The van der Waals surface area contributed by atoms with Crippen molar-refractivity contribution in [3.05, 3.63) is 0 Å². The Bertz CT molecular complexity index is 408. The molecular weight excluding hydrogens is 296 g/mol. The van der Waals surface area contributed by atoms with E-state index in [0.29, 0.717) is 11.3 Å². The molecule has 0 aliphatic carbocycles. The third-order valence-corrected chi connectivity index (χ3v) is 6.83. The van der Waals surface area contributed by atoms with E-state index in [4.69, 9.17) is 14.2 Å². The van der Waals surface area contributed by atoms with Crippen LogP contribution >= 0.6 is 23.5 Å². The van der Waals surface area contributed by atoms with E-state index in [1.54, 1.807) is 13.8 Å². The third-order valence-electron chi connectivity index (χ3n) is 3.10. The van der Waals surface area contributed by atoms with Crippen LogP contribution in [0.3, 0.4) is 0 Å². The summed E-state index contributed by atoms with van der Waals surface area (Å²) in [6.07, 6.45) is -1.97. The molecule has 1 N–H and O–H groups in total. The lowest BCUT2D eigenvalue weighted by Crippen LogP contribution is -2.39. The summed E-state index contributed by atoms with van der Waals surface area (Å²) in [6, 6.07) is 0. The minimum atomic E-state index is -0.707. The van der Waals surface area contributed by atoms with Crippen LogP contribution in [-0.2, 0) is 25.5 Å². The fourth-order valence-corrected chi connectivity index (χ4v) is 5.72. The number of thioether (sulfide) groups is 2. The molecule has 5 nitrogen and oxygen atoms in total. The highest BCUT2D eigenvalue weighted by Crippen LogP contribution is 2.43. The Labute approximate surface area is 117 Å². The Hall–Kier alpha value is 0.430. The molecule has 3 saturated heterocycles. The topological polar surface area (TPSA) is 65.0 Å². The van der Waals surface area contributed by atoms with Gasteiger partial charge in [0.15, 0.2) is 12.1 Å². The first kappa shape index (κ1) is 13.4. The zero-order valence-electron chi connectivity index (χ0n) is 9.90. The van der Waals surface area contributed by atoms with Gasteiger partial charge in [0, 0.05) is 11.0 Å². The largest absolute Gasteiger partial charge is 0.387 e. The second-order valence-corrected chi connectivity index (χ2v) is 8.49. The summed E-state index contributed by atoms with van der Waals surface area (Å²) in [4.78, 5) is 0. The van der Waals surface area contributed by atoms with Gasteiger partial charge in [-0.25, -0.2) is 4.21 Å². The Balaban J connectivity index is 1.70. The summed E-state index contributed by atoms with van der Waals surface area (Å²) in [5, 5.41) is 10.3. The quantitative estimate of drug-likeness (QED) is 0.702. The Morgan fingerprint density at radius 3 is 2.78 bits per heavy atom. The van der Waals surface area contributed by atoms with Crippen molar-refractivity contribution in [3.8, 4) is 0 Å². The number of hydrogen-bond acceptors (Lipinski definition) is 7. The fraction of sp³-hybridized carbons (Fsp3) is 0.900. The van der Waals surface area contributed by atoms with Crippen molar-refractivity contribution in [1.29, 1.82) is 0 Å². The van der Waals surface area contributed by atoms with Gasteiger partial charge in [-0.3, -0.25) is 0 Å². The SMILES string of the molecule is CC1(C)OC2OC(C3CSC(=S=O)S3)C(O)C2O1. The van der Waals surface area contributed by atoms with Gasteiger partial charge in [0.25, 0.3) is 0 Å². The molecule has 3 rings (SSSR count). The lowest BCUT2D eigenvalue weighted by Gasteiger charge is -2.25. The standard InChI is InChI=1S/C10H14O5S3/c1-10(2)14-7-5(11)6(13-8(7)15-10)4-3-16-9(17-4)18-12/h4-8,11H,3H2,1-2H3. The molecule has 5 atom stereocenters. The summed E-state index contributed by atoms with van der Waals surface area (Å²) in [5.74, 6) is 0.0702. The van der Waals surface area contributed by atoms with E-state index in [1.165, 1.54) is 23.5 Å². The molecule has 0 amide bonds. The first-order valence-corrected chi connectivity index (χ1v) is 8.26. The number of hydrogen-bond donors (Lipinski definition) is 1. The minimum absolute atomic E-state index is 0.0855. The van der Waals surface area contributed by atoms with Crippen LogP contribution in [0.1, 0.15) is 13.8 Å². The highest BCUT2D eigenvalue weighted by atomic mass is 32.2. The molecule has 102 valence electrons. The smallest absolute Gasteiger partial charge is 0.190 e. The van der Waals surface area contributed by atoms with Crippen LogP contribution in [0, 0.1) is 0 Å². The van der Waals surface area contributed by atoms with Crippen molar-refractivity contribution in [1.82, 2.24) is 0 Å². The highest BCUT2D eigenvalue weighted by molar-refractivity contribution is 8.48. The summed E-state index contributed by atoms with van der Waals surface area (Å²) >= 11 is 3.52. The number of aliphatic hydroxyl groups excluding tert-OH is 1. The van der Waals surface area contributed by atoms with E-state index in [0.717, 1.165) is 9.28 Å². The van der Waals surface area contributed by atoms with Gasteiger partial charge in [-0.1, -0.05) is 11.8 Å². The zero-order valence-corrected chi connectivity index (χ0v) is 12.3. The van der Waals surface area contributed by atoms with E-state index in [-0.39, 0.29) is 11.4 Å². The van der Waals surface area contributed by atoms with E-state index >= 15 is 0 Å². The number of ether oxygens (including phenoxy) is 3.